The number of carboxylic acids is 1. The second kappa shape index (κ2) is 5.98. The highest BCUT2D eigenvalue weighted by atomic mass is 19.4. The van der Waals surface area contributed by atoms with Crippen molar-refractivity contribution in [3.05, 3.63) is 35.9 Å². The number of aliphatic carboxylic acids is 1. The highest BCUT2D eigenvalue weighted by Crippen LogP contribution is 2.18. The number of carbonyl (C=O) groups is 2. The van der Waals surface area contributed by atoms with Gasteiger partial charge in [0.1, 0.15) is 6.61 Å². The van der Waals surface area contributed by atoms with Crippen molar-refractivity contribution in [2.45, 2.75) is 12.8 Å². The quantitative estimate of drug-likeness (QED) is 0.859. The van der Waals surface area contributed by atoms with Crippen LogP contribution < -0.4 is 0 Å². The van der Waals surface area contributed by atoms with Crippen LogP contribution in [0.25, 0.3) is 0 Å². The van der Waals surface area contributed by atoms with E-state index in [1.165, 1.54) is 0 Å². The van der Waals surface area contributed by atoms with E-state index in [1.807, 2.05) is 0 Å². The maximum absolute atomic E-state index is 12.2. The normalized spacial score (nSPS) is 12.1. The minimum Gasteiger partial charge on any atom is -0.477 e. The highest BCUT2D eigenvalue weighted by molar-refractivity contribution is 6.39. The summed E-state index contributed by atoms with van der Waals surface area (Å²) < 4.78 is 40.9. The van der Waals surface area contributed by atoms with Crippen molar-refractivity contribution < 1.29 is 32.6 Å². The summed E-state index contributed by atoms with van der Waals surface area (Å²) in [6.07, 6.45) is -6.84. The number of ether oxygens (including phenoxy) is 1. The van der Waals surface area contributed by atoms with Gasteiger partial charge in [0.05, 0.1) is 0 Å². The summed E-state index contributed by atoms with van der Waals surface area (Å²) >= 11 is 0. The Balaban J connectivity index is 2.70. The Morgan fingerprint density at radius 2 is 1.79 bits per heavy atom. The Hall–Kier alpha value is -2.38. The molecular formula is C11H8F3NO4. The Morgan fingerprint density at radius 1 is 1.21 bits per heavy atom. The van der Waals surface area contributed by atoms with Crippen LogP contribution in [-0.2, 0) is 16.1 Å². The van der Waals surface area contributed by atoms with Gasteiger partial charge in [0.15, 0.2) is 0 Å². The number of halogens is 3. The summed E-state index contributed by atoms with van der Waals surface area (Å²) in [5.74, 6) is -2.34. The van der Waals surface area contributed by atoms with Crippen LogP contribution in [0.1, 0.15) is 5.56 Å². The third kappa shape index (κ3) is 4.78. The lowest BCUT2D eigenvalue weighted by molar-refractivity contribution is -0.133. The van der Waals surface area contributed by atoms with Crippen LogP contribution in [0.15, 0.2) is 35.3 Å². The van der Waals surface area contributed by atoms with Crippen LogP contribution in [0.3, 0.4) is 0 Å². The maximum Gasteiger partial charge on any atom is 0.440 e. The molecule has 0 radical (unpaired) electrons. The molecule has 1 rings (SSSR count). The molecule has 0 atom stereocenters. The van der Waals surface area contributed by atoms with Crippen molar-refractivity contribution in [3.63, 3.8) is 0 Å². The molecule has 5 nitrogen and oxygen atoms in total. The molecule has 1 aromatic carbocycles. The zero-order valence-electron chi connectivity index (χ0n) is 9.35. The van der Waals surface area contributed by atoms with Crippen LogP contribution in [0, 0.1) is 0 Å². The van der Waals surface area contributed by atoms with E-state index in [2.05, 4.69) is 9.73 Å². The SMILES string of the molecule is O=C(/N=C(\C(=O)O)C(F)(F)F)OCc1ccccc1. The molecule has 0 aromatic heterocycles. The van der Waals surface area contributed by atoms with E-state index in [0.717, 1.165) is 0 Å². The van der Waals surface area contributed by atoms with Crippen LogP contribution in [-0.4, -0.2) is 29.1 Å². The average molecular weight is 275 g/mol. The number of carboxylic acid groups (broad SMARTS) is 1. The van der Waals surface area contributed by atoms with Gasteiger partial charge < -0.3 is 9.84 Å². The molecular weight excluding hydrogens is 267 g/mol. The maximum atomic E-state index is 12.2. The number of amides is 1. The van der Waals surface area contributed by atoms with Crippen LogP contribution >= 0.6 is 0 Å². The lowest BCUT2D eigenvalue weighted by atomic mass is 10.2. The fourth-order valence-electron chi connectivity index (χ4n) is 1.08. The Kier molecular flexibility index (Phi) is 4.62. The smallest absolute Gasteiger partial charge is 0.440 e. The standard InChI is InChI=1S/C11H8F3NO4/c12-11(13,14)8(9(16)17)15-10(18)19-6-7-4-2-1-3-5-7/h1-5H,6H2,(H,16,17)/b15-8+. The van der Waals surface area contributed by atoms with E-state index in [9.17, 15) is 22.8 Å². The molecule has 0 aliphatic rings. The largest absolute Gasteiger partial charge is 0.477 e. The van der Waals surface area contributed by atoms with Gasteiger partial charge in [-0.15, -0.1) is 0 Å². The fourth-order valence-corrected chi connectivity index (χ4v) is 1.08. The molecule has 1 N–H and O–H groups in total. The summed E-state index contributed by atoms with van der Waals surface area (Å²) in [4.78, 5) is 23.7. The first kappa shape index (κ1) is 14.7. The monoisotopic (exact) mass is 275 g/mol. The molecule has 1 aromatic rings. The summed E-state index contributed by atoms with van der Waals surface area (Å²) in [6.45, 7) is -0.298. The van der Waals surface area contributed by atoms with E-state index in [0.29, 0.717) is 5.56 Å². The number of alkyl halides is 3. The first-order valence-corrected chi connectivity index (χ1v) is 4.90. The number of hydrogen-bond donors (Lipinski definition) is 1. The Labute approximate surface area is 105 Å². The van der Waals surface area contributed by atoms with E-state index in [1.54, 1.807) is 30.3 Å². The van der Waals surface area contributed by atoms with Gasteiger partial charge in [-0.2, -0.15) is 18.2 Å². The van der Waals surface area contributed by atoms with Crippen LogP contribution in [0.5, 0.6) is 0 Å². The second-order valence-corrected chi connectivity index (χ2v) is 3.30. The Morgan fingerprint density at radius 3 is 2.26 bits per heavy atom. The van der Waals surface area contributed by atoms with Crippen LogP contribution in [0.4, 0.5) is 18.0 Å². The zero-order valence-corrected chi connectivity index (χ0v) is 9.35. The van der Waals surface area contributed by atoms with E-state index >= 15 is 0 Å². The summed E-state index contributed by atoms with van der Waals surface area (Å²) in [5, 5.41) is 8.28. The molecule has 0 saturated carbocycles. The van der Waals surface area contributed by atoms with Gasteiger partial charge >= 0.3 is 18.2 Å². The van der Waals surface area contributed by atoms with E-state index in [4.69, 9.17) is 5.11 Å². The van der Waals surface area contributed by atoms with Crippen molar-refractivity contribution >= 4 is 17.8 Å². The van der Waals surface area contributed by atoms with Gasteiger partial charge in [-0.3, -0.25) is 0 Å². The number of hydrogen-bond acceptors (Lipinski definition) is 3. The van der Waals surface area contributed by atoms with Crippen molar-refractivity contribution in [2.75, 3.05) is 0 Å². The van der Waals surface area contributed by atoms with Gasteiger partial charge in [0, 0.05) is 0 Å². The lowest BCUT2D eigenvalue weighted by Crippen LogP contribution is -2.32. The molecule has 19 heavy (non-hydrogen) atoms. The first-order valence-electron chi connectivity index (χ1n) is 4.90. The predicted molar refractivity (Wildman–Crippen MR) is 57.8 cm³/mol. The lowest BCUT2D eigenvalue weighted by Gasteiger charge is -2.06. The molecule has 0 aliphatic carbocycles. The van der Waals surface area contributed by atoms with E-state index < -0.39 is 24.0 Å². The van der Waals surface area contributed by atoms with Gasteiger partial charge in [-0.05, 0) is 5.56 Å². The first-order chi connectivity index (χ1) is 8.80. The molecule has 0 fully saturated rings. The molecule has 0 aliphatic heterocycles. The Bertz CT molecular complexity index is 496. The molecule has 102 valence electrons. The number of aliphatic imine (C=N–C) groups is 1. The van der Waals surface area contributed by atoms with Gasteiger partial charge in [-0.1, -0.05) is 30.3 Å². The van der Waals surface area contributed by atoms with Crippen molar-refractivity contribution in [1.82, 2.24) is 0 Å². The molecule has 0 heterocycles. The number of benzene rings is 1. The summed E-state index contributed by atoms with van der Waals surface area (Å²) in [7, 11) is 0. The van der Waals surface area contributed by atoms with Crippen molar-refractivity contribution in [3.8, 4) is 0 Å². The fraction of sp³-hybridized carbons (Fsp3) is 0.182. The molecule has 0 spiro atoms. The summed E-state index contributed by atoms with van der Waals surface area (Å²) in [5.41, 5.74) is -1.68. The van der Waals surface area contributed by atoms with Gasteiger partial charge in [0.2, 0.25) is 5.71 Å². The van der Waals surface area contributed by atoms with Crippen LogP contribution in [0.2, 0.25) is 0 Å². The number of nitrogens with zero attached hydrogens (tertiary/aromatic N) is 1. The molecule has 8 heteroatoms. The third-order valence-corrected chi connectivity index (χ3v) is 1.88. The minimum atomic E-state index is -5.22. The topological polar surface area (TPSA) is 76.0 Å². The second-order valence-electron chi connectivity index (χ2n) is 3.30. The van der Waals surface area contributed by atoms with Gasteiger partial charge in [-0.25, -0.2) is 9.59 Å². The molecule has 0 saturated heterocycles. The highest BCUT2D eigenvalue weighted by Gasteiger charge is 2.42. The van der Waals surface area contributed by atoms with Crippen molar-refractivity contribution in [1.29, 1.82) is 0 Å². The van der Waals surface area contributed by atoms with E-state index in [-0.39, 0.29) is 6.61 Å². The third-order valence-electron chi connectivity index (χ3n) is 1.88. The molecule has 0 bridgehead atoms. The summed E-state index contributed by atoms with van der Waals surface area (Å²) in [6, 6.07) is 8.16. The zero-order chi connectivity index (χ0) is 14.5. The van der Waals surface area contributed by atoms with Gasteiger partial charge in [0.25, 0.3) is 0 Å². The average Bonchev–Trinajstić information content (AvgIpc) is 2.33. The minimum absolute atomic E-state index is 0.298. The molecule has 0 unspecified atom stereocenters. The number of carbonyl (C=O) groups excluding carboxylic acids is 1. The molecule has 1 amide bonds. The van der Waals surface area contributed by atoms with Crippen molar-refractivity contribution in [2.24, 2.45) is 4.99 Å². The predicted octanol–water partition coefficient (Wildman–Crippen LogP) is 2.41. The number of rotatable bonds is 3.